The second kappa shape index (κ2) is 7.17. The van der Waals surface area contributed by atoms with Crippen LogP contribution < -0.4 is 9.77 Å². The molecule has 4 aromatic rings. The molecule has 5 nitrogen and oxygen atoms in total. The van der Waals surface area contributed by atoms with Crippen LogP contribution in [0.5, 0.6) is 0 Å². The summed E-state index contributed by atoms with van der Waals surface area (Å²) >= 11 is 1.16. The lowest BCUT2D eigenvalue weighted by molar-refractivity contribution is -0.118. The number of thiazole rings is 1. The molecule has 0 aliphatic carbocycles. The number of anilines is 1. The van der Waals surface area contributed by atoms with Crippen molar-refractivity contribution in [2.75, 3.05) is 11.9 Å². The third-order valence-electron chi connectivity index (χ3n) is 4.49. The number of benzene rings is 2. The molecule has 0 unspecified atom stereocenters. The van der Waals surface area contributed by atoms with Gasteiger partial charge in [-0.25, -0.2) is 0 Å². The van der Waals surface area contributed by atoms with Gasteiger partial charge in [-0.1, -0.05) is 35.6 Å². The van der Waals surface area contributed by atoms with Gasteiger partial charge >= 0.3 is 4.87 Å². The van der Waals surface area contributed by atoms with Gasteiger partial charge in [0.2, 0.25) is 5.91 Å². The zero-order valence-electron chi connectivity index (χ0n) is 14.7. The summed E-state index contributed by atoms with van der Waals surface area (Å²) in [4.78, 5) is 30.7. The molecule has 2 aromatic carbocycles. The Morgan fingerprint density at radius 3 is 2.52 bits per heavy atom. The Hall–Kier alpha value is -3.25. The maximum absolute atomic E-state index is 12.7. The van der Waals surface area contributed by atoms with Crippen molar-refractivity contribution in [3.8, 4) is 11.1 Å². The number of para-hydroxylation sites is 1. The Bertz CT molecular complexity index is 1150. The first-order valence-corrected chi connectivity index (χ1v) is 9.30. The zero-order chi connectivity index (χ0) is 18.8. The molecular formula is C21H17N3O2S. The SMILES string of the molecule is CN(C(=O)Cn1c(=O)sc2ccc(-c3ccncc3)cc21)c1ccccc1. The maximum Gasteiger partial charge on any atom is 0.308 e. The van der Waals surface area contributed by atoms with E-state index in [-0.39, 0.29) is 17.3 Å². The van der Waals surface area contributed by atoms with Crippen LogP contribution in [0.15, 0.2) is 77.9 Å². The fraction of sp³-hybridized carbons (Fsp3) is 0.0952. The molecule has 134 valence electrons. The van der Waals surface area contributed by atoms with E-state index in [9.17, 15) is 9.59 Å². The number of nitrogens with zero attached hydrogens (tertiary/aromatic N) is 3. The number of pyridine rings is 1. The Balaban J connectivity index is 1.70. The second-order valence-corrected chi connectivity index (χ2v) is 7.15. The van der Waals surface area contributed by atoms with Crippen LogP contribution in [-0.4, -0.2) is 22.5 Å². The van der Waals surface area contributed by atoms with E-state index in [0.29, 0.717) is 0 Å². The van der Waals surface area contributed by atoms with E-state index in [1.54, 1.807) is 28.9 Å². The third-order valence-corrected chi connectivity index (χ3v) is 5.45. The minimum Gasteiger partial charge on any atom is -0.314 e. The molecule has 2 aromatic heterocycles. The number of hydrogen-bond donors (Lipinski definition) is 0. The monoisotopic (exact) mass is 375 g/mol. The van der Waals surface area contributed by atoms with Gasteiger partial charge in [-0.15, -0.1) is 0 Å². The fourth-order valence-electron chi connectivity index (χ4n) is 2.97. The van der Waals surface area contributed by atoms with Crippen LogP contribution in [0.1, 0.15) is 0 Å². The molecule has 0 atom stereocenters. The summed E-state index contributed by atoms with van der Waals surface area (Å²) in [7, 11) is 1.72. The number of fused-ring (bicyclic) bond motifs is 1. The van der Waals surface area contributed by atoms with E-state index in [1.165, 1.54) is 0 Å². The highest BCUT2D eigenvalue weighted by Crippen LogP contribution is 2.25. The fourth-order valence-corrected chi connectivity index (χ4v) is 3.84. The highest BCUT2D eigenvalue weighted by atomic mass is 32.1. The van der Waals surface area contributed by atoms with Crippen LogP contribution in [0.25, 0.3) is 21.3 Å². The summed E-state index contributed by atoms with van der Waals surface area (Å²) in [6, 6.07) is 19.1. The Morgan fingerprint density at radius 2 is 1.78 bits per heavy atom. The molecule has 0 spiro atoms. The average Bonchev–Trinajstić information content (AvgIpc) is 3.03. The molecule has 0 saturated heterocycles. The van der Waals surface area contributed by atoms with Gasteiger partial charge in [0.25, 0.3) is 0 Å². The molecule has 4 rings (SSSR count). The maximum atomic E-state index is 12.7. The van der Waals surface area contributed by atoms with Gasteiger partial charge < -0.3 is 4.90 Å². The van der Waals surface area contributed by atoms with Crippen LogP contribution in [0.3, 0.4) is 0 Å². The lowest BCUT2D eigenvalue weighted by Crippen LogP contribution is -2.32. The van der Waals surface area contributed by atoms with Crippen molar-refractivity contribution in [3.05, 3.63) is 82.7 Å². The van der Waals surface area contributed by atoms with Gasteiger partial charge in [-0.2, -0.15) is 0 Å². The molecule has 0 N–H and O–H groups in total. The summed E-state index contributed by atoms with van der Waals surface area (Å²) < 4.78 is 2.42. The van der Waals surface area contributed by atoms with Gasteiger partial charge in [0, 0.05) is 25.1 Å². The molecule has 2 heterocycles. The first kappa shape index (κ1) is 17.2. The van der Waals surface area contributed by atoms with E-state index in [4.69, 9.17) is 0 Å². The predicted molar refractivity (Wildman–Crippen MR) is 109 cm³/mol. The highest BCUT2D eigenvalue weighted by Gasteiger charge is 2.16. The third kappa shape index (κ3) is 3.39. The molecule has 6 heteroatoms. The quantitative estimate of drug-likeness (QED) is 0.545. The van der Waals surface area contributed by atoms with Gasteiger partial charge in [0.15, 0.2) is 0 Å². The topological polar surface area (TPSA) is 55.2 Å². The molecule has 0 saturated carbocycles. The summed E-state index contributed by atoms with van der Waals surface area (Å²) in [5, 5.41) is 0. The van der Waals surface area contributed by atoms with Crippen molar-refractivity contribution in [1.82, 2.24) is 9.55 Å². The predicted octanol–water partition coefficient (Wildman–Crippen LogP) is 3.79. The standard InChI is InChI=1S/C21H17N3O2S/c1-23(17-5-3-2-4-6-17)20(25)14-24-18-13-16(15-9-11-22-12-10-15)7-8-19(18)27-21(24)26/h2-13H,14H2,1H3. The normalized spacial score (nSPS) is 10.9. The molecule has 27 heavy (non-hydrogen) atoms. The molecular weight excluding hydrogens is 358 g/mol. The number of likely N-dealkylation sites (N-methyl/N-ethyl adjacent to an activating group) is 1. The van der Waals surface area contributed by atoms with Crippen molar-refractivity contribution in [1.29, 1.82) is 0 Å². The Kier molecular flexibility index (Phi) is 4.56. The molecule has 0 aliphatic heterocycles. The Morgan fingerprint density at radius 1 is 1.04 bits per heavy atom. The number of carbonyl (C=O) groups excluding carboxylic acids is 1. The summed E-state index contributed by atoms with van der Waals surface area (Å²) in [6.07, 6.45) is 3.47. The van der Waals surface area contributed by atoms with E-state index in [2.05, 4.69) is 4.98 Å². The zero-order valence-corrected chi connectivity index (χ0v) is 15.5. The van der Waals surface area contributed by atoms with E-state index in [1.807, 2.05) is 60.7 Å². The number of hydrogen-bond acceptors (Lipinski definition) is 4. The number of carbonyl (C=O) groups is 1. The molecule has 0 bridgehead atoms. The summed E-state index contributed by atoms with van der Waals surface area (Å²) in [5.74, 6) is -0.141. The first-order chi connectivity index (χ1) is 13.1. The second-order valence-electron chi connectivity index (χ2n) is 6.16. The smallest absolute Gasteiger partial charge is 0.308 e. The number of aromatic nitrogens is 2. The van der Waals surface area contributed by atoms with E-state index < -0.39 is 0 Å². The lowest BCUT2D eigenvalue weighted by atomic mass is 10.1. The summed E-state index contributed by atoms with van der Waals surface area (Å²) in [6.45, 7) is 0.00399. The molecule has 0 radical (unpaired) electrons. The van der Waals surface area contributed by atoms with Gasteiger partial charge in [0.1, 0.15) is 6.54 Å². The van der Waals surface area contributed by atoms with Crippen LogP contribution in [-0.2, 0) is 11.3 Å². The van der Waals surface area contributed by atoms with Crippen LogP contribution in [0, 0.1) is 0 Å². The van der Waals surface area contributed by atoms with Crippen molar-refractivity contribution < 1.29 is 4.79 Å². The van der Waals surface area contributed by atoms with Crippen molar-refractivity contribution >= 4 is 33.1 Å². The van der Waals surface area contributed by atoms with Crippen LogP contribution in [0.2, 0.25) is 0 Å². The van der Waals surface area contributed by atoms with E-state index in [0.717, 1.165) is 38.4 Å². The van der Waals surface area contributed by atoms with Gasteiger partial charge in [0.05, 0.1) is 10.2 Å². The number of rotatable bonds is 4. The Labute approximate surface area is 160 Å². The van der Waals surface area contributed by atoms with Crippen molar-refractivity contribution in [2.45, 2.75) is 6.54 Å². The van der Waals surface area contributed by atoms with Gasteiger partial charge in [-0.05, 0) is 47.5 Å². The lowest BCUT2D eigenvalue weighted by Gasteiger charge is -2.17. The average molecular weight is 375 g/mol. The first-order valence-electron chi connectivity index (χ1n) is 8.49. The summed E-state index contributed by atoms with van der Waals surface area (Å²) in [5.41, 5.74) is 3.58. The number of amides is 1. The highest BCUT2D eigenvalue weighted by molar-refractivity contribution is 7.16. The van der Waals surface area contributed by atoms with Crippen molar-refractivity contribution in [2.24, 2.45) is 0 Å². The molecule has 0 aliphatic rings. The van der Waals surface area contributed by atoms with Crippen LogP contribution >= 0.6 is 11.3 Å². The van der Waals surface area contributed by atoms with Crippen molar-refractivity contribution in [3.63, 3.8) is 0 Å². The minimum absolute atomic E-state index is 0.00399. The largest absolute Gasteiger partial charge is 0.314 e. The molecule has 1 amide bonds. The van der Waals surface area contributed by atoms with E-state index >= 15 is 0 Å². The minimum atomic E-state index is -0.141. The van der Waals surface area contributed by atoms with Gasteiger partial charge in [-0.3, -0.25) is 19.1 Å². The molecule has 0 fully saturated rings. The van der Waals surface area contributed by atoms with Crippen LogP contribution in [0.4, 0.5) is 5.69 Å².